The molecule has 4 heterocycles. The van der Waals surface area contributed by atoms with Gasteiger partial charge in [-0.05, 0) is 65.2 Å². The van der Waals surface area contributed by atoms with Crippen molar-refractivity contribution in [2.24, 2.45) is 0 Å². The molecule has 0 aliphatic carbocycles. The molecule has 0 aliphatic rings. The van der Waals surface area contributed by atoms with Gasteiger partial charge in [0.25, 0.3) is 0 Å². The molecule has 0 N–H and O–H groups in total. The second kappa shape index (κ2) is 13.4. The smallest absolute Gasteiger partial charge is 0.238 e. The lowest BCUT2D eigenvalue weighted by Crippen LogP contribution is -2.06. The fourth-order valence-electron chi connectivity index (χ4n) is 8.39. The van der Waals surface area contributed by atoms with Gasteiger partial charge in [0.1, 0.15) is 5.52 Å². The molecule has 12 aromatic rings. The van der Waals surface area contributed by atoms with E-state index in [0.29, 0.717) is 23.5 Å². The Morgan fingerprint density at radius 1 is 0.407 bits per heavy atom. The van der Waals surface area contributed by atoms with Crippen LogP contribution in [0.4, 0.5) is 0 Å². The van der Waals surface area contributed by atoms with Crippen molar-refractivity contribution in [3.8, 4) is 62.4 Å². The zero-order valence-corrected chi connectivity index (χ0v) is 32.3. The Morgan fingerprint density at radius 2 is 1.03 bits per heavy atom. The summed E-state index contributed by atoms with van der Waals surface area (Å²) in [5, 5.41) is 4.77. The number of hydrogen-bond acceptors (Lipinski definition) is 6. The Morgan fingerprint density at radius 3 is 1.88 bits per heavy atom. The van der Waals surface area contributed by atoms with Gasteiger partial charge in [-0.25, -0.2) is 9.97 Å². The summed E-state index contributed by atoms with van der Waals surface area (Å²) in [6.45, 7) is 0. The topological polar surface area (TPSA) is 69.6 Å². The fraction of sp³-hybridized carbons (Fsp3) is 0. The van der Waals surface area contributed by atoms with Crippen molar-refractivity contribution in [2.45, 2.75) is 0 Å². The highest BCUT2D eigenvalue weighted by Crippen LogP contribution is 2.40. The number of oxazole rings is 1. The van der Waals surface area contributed by atoms with Gasteiger partial charge in [-0.2, -0.15) is 9.97 Å². The molecule has 0 spiro atoms. The molecule has 7 heteroatoms. The summed E-state index contributed by atoms with van der Waals surface area (Å²) in [4.78, 5) is 20.7. The van der Waals surface area contributed by atoms with E-state index >= 15 is 0 Å². The second-order valence-corrected chi connectivity index (χ2v) is 15.7. The molecule has 0 fully saturated rings. The minimum Gasteiger partial charge on any atom is -0.435 e. The zero-order chi connectivity index (χ0) is 38.9. The number of aromatic nitrogens is 5. The molecule has 12 rings (SSSR count). The molecule has 0 amide bonds. The quantitative estimate of drug-likeness (QED) is 0.168. The third-order valence-corrected chi connectivity index (χ3v) is 12.2. The van der Waals surface area contributed by atoms with E-state index < -0.39 is 0 Å². The summed E-state index contributed by atoms with van der Waals surface area (Å²) in [7, 11) is 0. The van der Waals surface area contributed by atoms with E-state index in [4.69, 9.17) is 24.4 Å². The average Bonchev–Trinajstić information content (AvgIpc) is 4.01. The van der Waals surface area contributed by atoms with Crippen molar-refractivity contribution in [1.29, 1.82) is 0 Å². The van der Waals surface area contributed by atoms with E-state index in [-0.39, 0.29) is 0 Å². The van der Waals surface area contributed by atoms with Crippen LogP contribution in [-0.4, -0.2) is 24.5 Å². The van der Waals surface area contributed by atoms with Crippen LogP contribution < -0.4 is 0 Å². The lowest BCUT2D eigenvalue weighted by Gasteiger charge is -2.12. The summed E-state index contributed by atoms with van der Waals surface area (Å²) in [6, 6.07) is 65.1. The van der Waals surface area contributed by atoms with E-state index in [1.165, 1.54) is 20.2 Å². The summed E-state index contributed by atoms with van der Waals surface area (Å²) < 4.78 is 11.1. The Labute approximate surface area is 342 Å². The van der Waals surface area contributed by atoms with Crippen LogP contribution in [0.3, 0.4) is 0 Å². The van der Waals surface area contributed by atoms with Crippen LogP contribution in [0.15, 0.2) is 192 Å². The minimum atomic E-state index is 0.549. The predicted octanol–water partition coefficient (Wildman–Crippen LogP) is 13.8. The van der Waals surface area contributed by atoms with E-state index in [1.807, 2.05) is 42.5 Å². The van der Waals surface area contributed by atoms with E-state index in [0.717, 1.165) is 71.8 Å². The van der Waals surface area contributed by atoms with Crippen molar-refractivity contribution in [2.75, 3.05) is 0 Å². The maximum absolute atomic E-state index is 6.46. The fourth-order valence-corrected chi connectivity index (χ4v) is 9.53. The van der Waals surface area contributed by atoms with Gasteiger partial charge in [0.15, 0.2) is 17.2 Å². The number of benzene rings is 8. The van der Waals surface area contributed by atoms with Crippen molar-refractivity contribution >= 4 is 64.4 Å². The number of para-hydroxylation sites is 2. The van der Waals surface area contributed by atoms with E-state index in [9.17, 15) is 0 Å². The molecule has 0 radical (unpaired) electrons. The molecule has 6 nitrogen and oxygen atoms in total. The Kier molecular flexibility index (Phi) is 7.61. The number of nitrogens with zero attached hydrogens (tertiary/aromatic N) is 5. The largest absolute Gasteiger partial charge is 0.435 e. The van der Waals surface area contributed by atoms with Gasteiger partial charge in [-0.15, -0.1) is 11.3 Å². The van der Waals surface area contributed by atoms with Crippen molar-refractivity contribution < 1.29 is 4.42 Å². The van der Waals surface area contributed by atoms with Crippen molar-refractivity contribution in [3.05, 3.63) is 188 Å². The Bertz CT molecular complexity index is 3570. The Hall–Kier alpha value is -7.74. The van der Waals surface area contributed by atoms with Crippen LogP contribution in [0, 0.1) is 0 Å². The SMILES string of the molecule is c1ccc(-c2nc3cccc(-c4cccc(-c5nc(-c6ccc7c(c6)sc6ccccc67)nc(-n6c7ccccc7c7c(-c8ccccc8)cccc76)n5)c4)c3o2)cc1. The summed E-state index contributed by atoms with van der Waals surface area (Å²) in [6.07, 6.45) is 0. The van der Waals surface area contributed by atoms with Gasteiger partial charge >= 0.3 is 0 Å². The number of fused-ring (bicyclic) bond motifs is 7. The molecule has 0 saturated heterocycles. The average molecular weight is 774 g/mol. The van der Waals surface area contributed by atoms with Gasteiger partial charge in [-0.3, -0.25) is 4.57 Å². The molecule has 8 aromatic carbocycles. The zero-order valence-electron chi connectivity index (χ0n) is 31.5. The molecule has 0 saturated carbocycles. The van der Waals surface area contributed by atoms with Crippen molar-refractivity contribution in [1.82, 2.24) is 24.5 Å². The first kappa shape index (κ1) is 33.4. The molecule has 4 aromatic heterocycles. The van der Waals surface area contributed by atoms with Gasteiger partial charge in [0.05, 0.1) is 11.0 Å². The standard InChI is InChI=1S/C52H31N5OS/c1-3-14-32(15-4-1)37-22-13-26-44-47(37)41-21-7-9-25-43(41)57(44)52-55-49(54-50(56-52)36-28-29-40-39-20-8-10-27-45(39)59-46(40)31-36)35-19-11-18-34(30-35)38-23-12-24-42-48(38)58-51(53-42)33-16-5-2-6-17-33/h1-31H. The summed E-state index contributed by atoms with van der Waals surface area (Å²) in [5.41, 5.74) is 10.5. The maximum Gasteiger partial charge on any atom is 0.238 e. The first-order valence-electron chi connectivity index (χ1n) is 19.5. The number of hydrogen-bond donors (Lipinski definition) is 0. The lowest BCUT2D eigenvalue weighted by molar-refractivity contribution is 0.621. The van der Waals surface area contributed by atoms with Crippen LogP contribution in [-0.2, 0) is 0 Å². The molecule has 0 bridgehead atoms. The monoisotopic (exact) mass is 773 g/mol. The number of rotatable bonds is 6. The van der Waals surface area contributed by atoms with E-state index in [2.05, 4.69) is 150 Å². The first-order chi connectivity index (χ1) is 29.2. The maximum atomic E-state index is 6.46. The lowest BCUT2D eigenvalue weighted by atomic mass is 9.99. The van der Waals surface area contributed by atoms with Gasteiger partial charge in [0.2, 0.25) is 11.8 Å². The molecule has 0 aliphatic heterocycles. The van der Waals surface area contributed by atoms with Gasteiger partial charge in [0, 0.05) is 53.2 Å². The first-order valence-corrected chi connectivity index (χ1v) is 20.4. The van der Waals surface area contributed by atoms with E-state index in [1.54, 1.807) is 11.3 Å². The molecule has 0 atom stereocenters. The molecule has 0 unspecified atom stereocenters. The molecular formula is C52H31N5OS. The summed E-state index contributed by atoms with van der Waals surface area (Å²) >= 11 is 1.79. The third-order valence-electron chi connectivity index (χ3n) is 11.1. The van der Waals surface area contributed by atoms with Gasteiger partial charge < -0.3 is 4.42 Å². The molecule has 59 heavy (non-hydrogen) atoms. The van der Waals surface area contributed by atoms with Crippen molar-refractivity contribution in [3.63, 3.8) is 0 Å². The normalized spacial score (nSPS) is 11.7. The molecule has 276 valence electrons. The van der Waals surface area contributed by atoms with Crippen LogP contribution in [0.1, 0.15) is 0 Å². The number of thiophene rings is 1. The van der Waals surface area contributed by atoms with Crippen LogP contribution in [0.2, 0.25) is 0 Å². The summed E-state index contributed by atoms with van der Waals surface area (Å²) in [5.74, 6) is 2.31. The highest BCUT2D eigenvalue weighted by molar-refractivity contribution is 7.25. The van der Waals surface area contributed by atoms with Crippen LogP contribution >= 0.6 is 11.3 Å². The Balaban J connectivity index is 1.08. The predicted molar refractivity (Wildman–Crippen MR) is 242 cm³/mol. The highest BCUT2D eigenvalue weighted by Gasteiger charge is 2.21. The highest BCUT2D eigenvalue weighted by atomic mass is 32.1. The van der Waals surface area contributed by atoms with Gasteiger partial charge in [-0.1, -0.05) is 140 Å². The third kappa shape index (κ3) is 5.55. The minimum absolute atomic E-state index is 0.549. The second-order valence-electron chi connectivity index (χ2n) is 14.6. The molecular weight excluding hydrogens is 743 g/mol. The van der Waals surface area contributed by atoms with Crippen LogP contribution in [0.25, 0.3) is 116 Å². The van der Waals surface area contributed by atoms with Crippen LogP contribution in [0.5, 0.6) is 0 Å².